The summed E-state index contributed by atoms with van der Waals surface area (Å²) in [5, 5.41) is 3.50. The fraction of sp³-hybridized carbons (Fsp3) is 0.625. The number of unbranched alkanes of at least 4 members (excludes halogenated alkanes) is 1. The average molecular weight is 233 g/mol. The van der Waals surface area contributed by atoms with Crippen molar-refractivity contribution in [3.63, 3.8) is 0 Å². The molecule has 0 fully saturated rings. The molecule has 1 N–H and O–H groups in total. The molecule has 17 heavy (non-hydrogen) atoms. The molecular formula is C16H27N. The van der Waals surface area contributed by atoms with E-state index in [1.165, 1.54) is 36.0 Å². The van der Waals surface area contributed by atoms with Crippen LogP contribution in [0.15, 0.2) is 18.2 Å². The molecular weight excluding hydrogens is 206 g/mol. The van der Waals surface area contributed by atoms with Crippen molar-refractivity contribution >= 4 is 0 Å². The van der Waals surface area contributed by atoms with Gasteiger partial charge in [0.15, 0.2) is 0 Å². The Morgan fingerprint density at radius 2 is 1.88 bits per heavy atom. The molecule has 0 aliphatic carbocycles. The van der Waals surface area contributed by atoms with E-state index < -0.39 is 0 Å². The molecule has 0 amide bonds. The summed E-state index contributed by atoms with van der Waals surface area (Å²) in [6.07, 6.45) is 3.78. The Kier molecular flexibility index (Phi) is 6.28. The van der Waals surface area contributed by atoms with E-state index in [0.717, 1.165) is 19.0 Å². The van der Waals surface area contributed by atoms with E-state index in [9.17, 15) is 0 Å². The molecule has 0 aliphatic rings. The molecule has 0 aliphatic heterocycles. The first-order chi connectivity index (χ1) is 8.11. The average Bonchev–Trinajstić information content (AvgIpc) is 2.28. The second-order valence-electron chi connectivity index (χ2n) is 5.41. The van der Waals surface area contributed by atoms with Crippen LogP contribution in [0.4, 0.5) is 0 Å². The Morgan fingerprint density at radius 1 is 1.12 bits per heavy atom. The van der Waals surface area contributed by atoms with Gasteiger partial charge < -0.3 is 5.32 Å². The summed E-state index contributed by atoms with van der Waals surface area (Å²) in [4.78, 5) is 0. The highest BCUT2D eigenvalue weighted by atomic mass is 14.8. The Balaban J connectivity index is 2.20. The second-order valence-corrected chi connectivity index (χ2v) is 5.41. The lowest BCUT2D eigenvalue weighted by Gasteiger charge is -2.09. The number of aryl methyl sites for hydroxylation is 2. The van der Waals surface area contributed by atoms with E-state index in [4.69, 9.17) is 0 Å². The third-order valence-electron chi connectivity index (χ3n) is 3.32. The molecule has 0 aromatic heterocycles. The van der Waals surface area contributed by atoms with Crippen molar-refractivity contribution < 1.29 is 0 Å². The Bertz CT molecular complexity index is 328. The summed E-state index contributed by atoms with van der Waals surface area (Å²) < 4.78 is 0. The molecule has 0 heterocycles. The molecule has 1 rings (SSSR count). The van der Waals surface area contributed by atoms with Crippen LogP contribution >= 0.6 is 0 Å². The molecule has 0 unspecified atom stereocenters. The highest BCUT2D eigenvalue weighted by molar-refractivity contribution is 5.33. The summed E-state index contributed by atoms with van der Waals surface area (Å²) in [5.74, 6) is 0.758. The zero-order valence-electron chi connectivity index (χ0n) is 11.8. The number of rotatable bonds is 7. The van der Waals surface area contributed by atoms with Gasteiger partial charge in [-0.25, -0.2) is 0 Å². The summed E-state index contributed by atoms with van der Waals surface area (Å²) in [6.45, 7) is 11.2. The molecule has 0 saturated heterocycles. The quantitative estimate of drug-likeness (QED) is 0.705. The first-order valence-corrected chi connectivity index (χ1v) is 6.87. The minimum absolute atomic E-state index is 0.758. The lowest BCUT2D eigenvalue weighted by molar-refractivity contribution is 0.535. The van der Waals surface area contributed by atoms with Gasteiger partial charge in [0, 0.05) is 0 Å². The fourth-order valence-corrected chi connectivity index (χ4v) is 2.04. The Hall–Kier alpha value is -0.820. The first kappa shape index (κ1) is 14.2. The summed E-state index contributed by atoms with van der Waals surface area (Å²) >= 11 is 0. The third-order valence-corrected chi connectivity index (χ3v) is 3.32. The van der Waals surface area contributed by atoms with Crippen LogP contribution in [0, 0.1) is 19.8 Å². The molecule has 0 saturated carbocycles. The van der Waals surface area contributed by atoms with Gasteiger partial charge in [-0.3, -0.25) is 0 Å². The van der Waals surface area contributed by atoms with E-state index in [0.29, 0.717) is 0 Å². The zero-order valence-corrected chi connectivity index (χ0v) is 11.8. The van der Waals surface area contributed by atoms with E-state index >= 15 is 0 Å². The lowest BCUT2D eigenvalue weighted by Crippen LogP contribution is -2.20. The molecule has 0 atom stereocenters. The standard InChI is InChI=1S/C16H27N/c1-13(2)12-17-11-6-5-9-16-10-7-8-14(3)15(16)4/h7-8,10,13,17H,5-6,9,11-12H2,1-4H3. The maximum absolute atomic E-state index is 3.50. The van der Waals surface area contributed by atoms with E-state index in [1.54, 1.807) is 0 Å². The van der Waals surface area contributed by atoms with Crippen LogP contribution in [0.25, 0.3) is 0 Å². The number of hydrogen-bond donors (Lipinski definition) is 1. The van der Waals surface area contributed by atoms with Crippen LogP contribution in [0.2, 0.25) is 0 Å². The summed E-state index contributed by atoms with van der Waals surface area (Å²) in [6, 6.07) is 6.64. The van der Waals surface area contributed by atoms with Crippen LogP contribution < -0.4 is 5.32 Å². The van der Waals surface area contributed by atoms with Gasteiger partial charge in [0.05, 0.1) is 0 Å². The molecule has 1 aromatic rings. The number of benzene rings is 1. The maximum atomic E-state index is 3.50. The van der Waals surface area contributed by atoms with Gasteiger partial charge in [0.1, 0.15) is 0 Å². The first-order valence-electron chi connectivity index (χ1n) is 6.87. The smallest absolute Gasteiger partial charge is 0.00258 e. The van der Waals surface area contributed by atoms with Crippen LogP contribution in [-0.4, -0.2) is 13.1 Å². The monoisotopic (exact) mass is 233 g/mol. The van der Waals surface area contributed by atoms with Crippen LogP contribution in [0.1, 0.15) is 43.4 Å². The van der Waals surface area contributed by atoms with Gasteiger partial charge in [-0.05, 0) is 68.8 Å². The number of hydrogen-bond acceptors (Lipinski definition) is 1. The highest BCUT2D eigenvalue weighted by Gasteiger charge is 2.00. The molecule has 1 heteroatoms. The van der Waals surface area contributed by atoms with Crippen molar-refractivity contribution in [2.24, 2.45) is 5.92 Å². The van der Waals surface area contributed by atoms with E-state index in [2.05, 4.69) is 51.2 Å². The molecule has 0 spiro atoms. The normalized spacial score (nSPS) is 11.1. The zero-order chi connectivity index (χ0) is 12.7. The predicted molar refractivity (Wildman–Crippen MR) is 76.6 cm³/mol. The molecule has 0 bridgehead atoms. The lowest BCUT2D eigenvalue weighted by atomic mass is 9.99. The largest absolute Gasteiger partial charge is 0.316 e. The predicted octanol–water partition coefficient (Wildman–Crippen LogP) is 3.87. The number of nitrogens with one attached hydrogen (secondary N) is 1. The molecule has 1 aromatic carbocycles. The maximum Gasteiger partial charge on any atom is -0.00258 e. The molecule has 1 nitrogen and oxygen atoms in total. The van der Waals surface area contributed by atoms with Crippen LogP contribution in [-0.2, 0) is 6.42 Å². The van der Waals surface area contributed by atoms with Gasteiger partial charge >= 0.3 is 0 Å². The second kappa shape index (κ2) is 7.50. The van der Waals surface area contributed by atoms with Gasteiger partial charge in [0.2, 0.25) is 0 Å². The molecule has 96 valence electrons. The van der Waals surface area contributed by atoms with Crippen molar-refractivity contribution in [3.8, 4) is 0 Å². The Morgan fingerprint density at radius 3 is 2.59 bits per heavy atom. The minimum Gasteiger partial charge on any atom is -0.316 e. The van der Waals surface area contributed by atoms with Crippen LogP contribution in [0.5, 0.6) is 0 Å². The van der Waals surface area contributed by atoms with E-state index in [-0.39, 0.29) is 0 Å². The minimum atomic E-state index is 0.758. The van der Waals surface area contributed by atoms with Crippen molar-refractivity contribution in [1.82, 2.24) is 5.32 Å². The van der Waals surface area contributed by atoms with E-state index in [1.807, 2.05) is 0 Å². The van der Waals surface area contributed by atoms with Crippen molar-refractivity contribution in [3.05, 3.63) is 34.9 Å². The van der Waals surface area contributed by atoms with Gasteiger partial charge in [-0.15, -0.1) is 0 Å². The topological polar surface area (TPSA) is 12.0 Å². The van der Waals surface area contributed by atoms with Gasteiger partial charge in [0.25, 0.3) is 0 Å². The van der Waals surface area contributed by atoms with Crippen molar-refractivity contribution in [2.45, 2.75) is 47.0 Å². The van der Waals surface area contributed by atoms with Gasteiger partial charge in [-0.1, -0.05) is 32.0 Å². The van der Waals surface area contributed by atoms with Crippen LogP contribution in [0.3, 0.4) is 0 Å². The summed E-state index contributed by atoms with van der Waals surface area (Å²) in [5.41, 5.74) is 4.41. The fourth-order valence-electron chi connectivity index (χ4n) is 2.04. The van der Waals surface area contributed by atoms with Crippen molar-refractivity contribution in [1.29, 1.82) is 0 Å². The van der Waals surface area contributed by atoms with Crippen molar-refractivity contribution in [2.75, 3.05) is 13.1 Å². The Labute approximate surface area is 107 Å². The van der Waals surface area contributed by atoms with Gasteiger partial charge in [-0.2, -0.15) is 0 Å². The summed E-state index contributed by atoms with van der Waals surface area (Å²) in [7, 11) is 0. The SMILES string of the molecule is Cc1cccc(CCCCNCC(C)C)c1C. The third kappa shape index (κ3) is 5.36. The highest BCUT2D eigenvalue weighted by Crippen LogP contribution is 2.14. The molecule has 0 radical (unpaired) electrons.